The molecular weight excluding hydrogens is 373 g/mol. The highest BCUT2D eigenvalue weighted by Crippen LogP contribution is 2.25. The average Bonchev–Trinajstić information content (AvgIpc) is 3.08. The highest BCUT2D eigenvalue weighted by Gasteiger charge is 2.33. The number of hydrogen-bond acceptors (Lipinski definition) is 4. The average molecular weight is 400 g/mol. The fourth-order valence-electron chi connectivity index (χ4n) is 3.54. The zero-order valence-corrected chi connectivity index (χ0v) is 16.5. The van der Waals surface area contributed by atoms with Gasteiger partial charge in [0.1, 0.15) is 5.75 Å². The smallest absolute Gasteiger partial charge is 0.401 e. The van der Waals surface area contributed by atoms with E-state index in [0.717, 1.165) is 0 Å². The van der Waals surface area contributed by atoms with Gasteiger partial charge < -0.3 is 9.64 Å². The molecule has 1 heterocycles. The fraction of sp³-hybridized carbons (Fsp3) is 0.600. The first-order valence-corrected chi connectivity index (χ1v) is 9.37. The van der Waals surface area contributed by atoms with Gasteiger partial charge in [-0.3, -0.25) is 14.5 Å². The quantitative estimate of drug-likeness (QED) is 0.629. The molecular formula is C20H27F3N2O3. The van der Waals surface area contributed by atoms with E-state index in [0.29, 0.717) is 49.5 Å². The number of alkyl halides is 3. The van der Waals surface area contributed by atoms with Crippen LogP contribution >= 0.6 is 0 Å². The summed E-state index contributed by atoms with van der Waals surface area (Å²) >= 11 is 0. The van der Waals surface area contributed by atoms with Gasteiger partial charge >= 0.3 is 6.18 Å². The first-order chi connectivity index (χ1) is 13.1. The van der Waals surface area contributed by atoms with Crippen molar-refractivity contribution in [3.8, 4) is 5.75 Å². The minimum absolute atomic E-state index is 0.0247. The second-order valence-corrected chi connectivity index (χ2v) is 7.20. The predicted molar refractivity (Wildman–Crippen MR) is 99.6 cm³/mol. The van der Waals surface area contributed by atoms with E-state index in [4.69, 9.17) is 4.74 Å². The number of rotatable bonds is 8. The maximum atomic E-state index is 12.7. The standard InChI is InChI=1S/C20H27F3N2O3/c1-4-24(13-20(21,22)23)11-15-7-8-25(12-15)19(27)10-17-9-16(14(2)26)5-6-18(17)28-3/h5-6,9,15H,4,7-8,10-13H2,1-3H3/t15-/m1/s1. The van der Waals surface area contributed by atoms with E-state index in [2.05, 4.69) is 0 Å². The molecule has 0 spiro atoms. The Hall–Kier alpha value is -2.09. The Morgan fingerprint density at radius 3 is 2.61 bits per heavy atom. The molecule has 1 amide bonds. The van der Waals surface area contributed by atoms with Crippen molar-refractivity contribution in [1.29, 1.82) is 0 Å². The first kappa shape index (κ1) is 22.2. The van der Waals surface area contributed by atoms with Crippen LogP contribution in [0.15, 0.2) is 18.2 Å². The molecule has 156 valence electrons. The molecule has 8 heteroatoms. The molecule has 0 radical (unpaired) electrons. The number of nitrogens with zero attached hydrogens (tertiary/aromatic N) is 2. The van der Waals surface area contributed by atoms with Crippen molar-refractivity contribution >= 4 is 11.7 Å². The lowest BCUT2D eigenvalue weighted by atomic mass is 10.0. The number of ketones is 1. The number of hydrogen-bond donors (Lipinski definition) is 0. The summed E-state index contributed by atoms with van der Waals surface area (Å²) in [6, 6.07) is 4.98. The summed E-state index contributed by atoms with van der Waals surface area (Å²) < 4.78 is 43.2. The lowest BCUT2D eigenvalue weighted by Gasteiger charge is -2.25. The number of carbonyl (C=O) groups excluding carboxylic acids is 2. The van der Waals surface area contributed by atoms with Gasteiger partial charge in [0.05, 0.1) is 20.1 Å². The normalized spacial score (nSPS) is 17.2. The van der Waals surface area contributed by atoms with Crippen molar-refractivity contribution in [1.82, 2.24) is 9.80 Å². The Balaban J connectivity index is 1.98. The van der Waals surface area contributed by atoms with E-state index >= 15 is 0 Å². The van der Waals surface area contributed by atoms with Crippen molar-refractivity contribution in [2.75, 3.05) is 39.8 Å². The molecule has 0 aliphatic carbocycles. The molecule has 5 nitrogen and oxygen atoms in total. The van der Waals surface area contributed by atoms with Gasteiger partial charge in [0.2, 0.25) is 5.91 Å². The number of ether oxygens (including phenoxy) is 1. The zero-order valence-electron chi connectivity index (χ0n) is 16.5. The topological polar surface area (TPSA) is 49.9 Å². The van der Waals surface area contributed by atoms with Crippen LogP contribution in [0.25, 0.3) is 0 Å². The Kier molecular flexibility index (Phi) is 7.46. The van der Waals surface area contributed by atoms with Gasteiger partial charge in [-0.1, -0.05) is 6.92 Å². The summed E-state index contributed by atoms with van der Waals surface area (Å²) in [5.41, 5.74) is 1.14. The Morgan fingerprint density at radius 1 is 1.32 bits per heavy atom. The monoisotopic (exact) mass is 400 g/mol. The van der Waals surface area contributed by atoms with E-state index in [1.54, 1.807) is 30.0 Å². The number of methoxy groups -OCH3 is 1. The summed E-state index contributed by atoms with van der Waals surface area (Å²) in [5.74, 6) is 0.357. The van der Waals surface area contributed by atoms with E-state index < -0.39 is 12.7 Å². The zero-order chi connectivity index (χ0) is 20.9. The Labute approximate surface area is 163 Å². The van der Waals surface area contributed by atoms with E-state index in [1.165, 1.54) is 18.9 Å². The summed E-state index contributed by atoms with van der Waals surface area (Å²) in [6.07, 6.45) is -3.44. The lowest BCUT2D eigenvalue weighted by Crippen LogP contribution is -2.38. The van der Waals surface area contributed by atoms with Crippen molar-refractivity contribution in [3.05, 3.63) is 29.3 Å². The molecule has 0 N–H and O–H groups in total. The van der Waals surface area contributed by atoms with Crippen LogP contribution in [0.4, 0.5) is 13.2 Å². The summed E-state index contributed by atoms with van der Waals surface area (Å²) in [6.45, 7) is 3.85. The maximum absolute atomic E-state index is 12.7. The fourth-order valence-corrected chi connectivity index (χ4v) is 3.54. The van der Waals surface area contributed by atoms with Crippen molar-refractivity contribution in [3.63, 3.8) is 0 Å². The second kappa shape index (κ2) is 9.41. The minimum Gasteiger partial charge on any atom is -0.496 e. The number of benzene rings is 1. The maximum Gasteiger partial charge on any atom is 0.401 e. The molecule has 1 saturated heterocycles. The van der Waals surface area contributed by atoms with Gasteiger partial charge in [0.15, 0.2) is 5.78 Å². The largest absolute Gasteiger partial charge is 0.496 e. The molecule has 1 aromatic rings. The summed E-state index contributed by atoms with van der Waals surface area (Å²) in [7, 11) is 1.50. The first-order valence-electron chi connectivity index (χ1n) is 9.37. The summed E-state index contributed by atoms with van der Waals surface area (Å²) in [4.78, 5) is 27.3. The molecule has 1 aliphatic heterocycles. The highest BCUT2D eigenvalue weighted by molar-refractivity contribution is 5.94. The van der Waals surface area contributed by atoms with Crippen LogP contribution < -0.4 is 4.74 Å². The van der Waals surface area contributed by atoms with Crippen LogP contribution in [0.5, 0.6) is 5.75 Å². The van der Waals surface area contributed by atoms with Gasteiger partial charge in [-0.25, -0.2) is 0 Å². The van der Waals surface area contributed by atoms with Crippen LogP contribution in [0.3, 0.4) is 0 Å². The predicted octanol–water partition coefficient (Wildman–Crippen LogP) is 3.17. The van der Waals surface area contributed by atoms with Gasteiger partial charge in [0.25, 0.3) is 0 Å². The molecule has 2 rings (SSSR count). The van der Waals surface area contributed by atoms with Gasteiger partial charge in [-0.15, -0.1) is 0 Å². The van der Waals surface area contributed by atoms with Crippen molar-refractivity contribution < 1.29 is 27.5 Å². The molecule has 1 aliphatic rings. The molecule has 0 saturated carbocycles. The van der Waals surface area contributed by atoms with Crippen LogP contribution in [0.1, 0.15) is 36.2 Å². The molecule has 1 aromatic carbocycles. The number of Topliss-reactive ketones (excluding diaryl/α,β-unsaturated/α-hetero) is 1. The van der Waals surface area contributed by atoms with Gasteiger partial charge in [-0.05, 0) is 44.0 Å². The molecule has 1 fully saturated rings. The van der Waals surface area contributed by atoms with Gasteiger partial charge in [-0.2, -0.15) is 13.2 Å². The minimum atomic E-state index is -4.22. The third kappa shape index (κ3) is 6.22. The SMILES string of the molecule is CCN(C[C@H]1CCN(C(=O)Cc2cc(C(C)=O)ccc2OC)C1)CC(F)(F)F. The third-order valence-corrected chi connectivity index (χ3v) is 5.03. The molecule has 28 heavy (non-hydrogen) atoms. The molecule has 1 atom stereocenters. The van der Waals surface area contributed by atoms with Crippen LogP contribution in [-0.2, 0) is 11.2 Å². The molecule has 0 bridgehead atoms. The number of carbonyl (C=O) groups is 2. The molecule has 0 unspecified atom stereocenters. The van der Waals surface area contributed by atoms with Crippen LogP contribution in [-0.4, -0.2) is 67.5 Å². The number of halogens is 3. The van der Waals surface area contributed by atoms with Crippen molar-refractivity contribution in [2.24, 2.45) is 5.92 Å². The Bertz CT molecular complexity index is 706. The van der Waals surface area contributed by atoms with Crippen molar-refractivity contribution in [2.45, 2.75) is 32.9 Å². The Morgan fingerprint density at radius 2 is 2.04 bits per heavy atom. The third-order valence-electron chi connectivity index (χ3n) is 5.03. The lowest BCUT2D eigenvalue weighted by molar-refractivity contribution is -0.146. The summed E-state index contributed by atoms with van der Waals surface area (Å²) in [5, 5.41) is 0. The highest BCUT2D eigenvalue weighted by atomic mass is 19.4. The van der Waals surface area contributed by atoms with E-state index in [9.17, 15) is 22.8 Å². The van der Waals surface area contributed by atoms with Crippen LogP contribution in [0.2, 0.25) is 0 Å². The number of amides is 1. The van der Waals surface area contributed by atoms with E-state index in [-0.39, 0.29) is 24.0 Å². The second-order valence-electron chi connectivity index (χ2n) is 7.20. The molecule has 0 aromatic heterocycles. The van der Waals surface area contributed by atoms with E-state index in [1.807, 2.05) is 0 Å². The van der Waals surface area contributed by atoms with Gasteiger partial charge in [0, 0.05) is 30.8 Å². The number of likely N-dealkylation sites (tertiary alicyclic amines) is 1. The van der Waals surface area contributed by atoms with Crippen LogP contribution in [0, 0.1) is 5.92 Å².